The number of hydrogen-bond donors (Lipinski definition) is 4. The van der Waals surface area contributed by atoms with Crippen molar-refractivity contribution in [2.75, 3.05) is 19.5 Å². The van der Waals surface area contributed by atoms with Crippen molar-refractivity contribution in [1.29, 1.82) is 0 Å². The fraction of sp³-hybridized carbons (Fsp3) is 0.625. The SMILES string of the molecule is COc1nc(N)nc2c1ncn2[C@@H]1O[C@H](CO)[C@@H](O)[C@@]1(O)C(=O)C(C)(C)C. The second-order valence-electron chi connectivity index (χ2n) is 7.47. The van der Waals surface area contributed by atoms with Crippen LogP contribution in [0.2, 0.25) is 0 Å². The molecule has 1 saturated heterocycles. The van der Waals surface area contributed by atoms with Crippen LogP contribution in [0.4, 0.5) is 5.95 Å². The van der Waals surface area contributed by atoms with Crippen LogP contribution in [0.15, 0.2) is 6.33 Å². The van der Waals surface area contributed by atoms with Crippen LogP contribution in [0.25, 0.3) is 11.2 Å². The number of ketones is 1. The number of ether oxygens (including phenoxy) is 2. The number of methoxy groups -OCH3 is 1. The second kappa shape index (κ2) is 6.37. The summed E-state index contributed by atoms with van der Waals surface area (Å²) in [6.07, 6.45) is -2.94. The lowest BCUT2D eigenvalue weighted by Gasteiger charge is -2.35. The first-order valence-corrected chi connectivity index (χ1v) is 8.31. The van der Waals surface area contributed by atoms with Crippen molar-refractivity contribution >= 4 is 22.9 Å². The number of nitrogens with two attached hydrogens (primary N) is 1. The van der Waals surface area contributed by atoms with Crippen molar-refractivity contribution in [3.63, 3.8) is 0 Å². The molecule has 11 nitrogen and oxygen atoms in total. The van der Waals surface area contributed by atoms with Gasteiger partial charge in [0.25, 0.3) is 0 Å². The molecule has 0 aromatic carbocycles. The molecule has 0 bridgehead atoms. The van der Waals surface area contributed by atoms with Crippen LogP contribution in [0.5, 0.6) is 5.88 Å². The van der Waals surface area contributed by atoms with E-state index in [9.17, 15) is 20.1 Å². The lowest BCUT2D eigenvalue weighted by atomic mass is 9.76. The minimum atomic E-state index is -2.34. The highest BCUT2D eigenvalue weighted by Crippen LogP contribution is 2.44. The topological polar surface area (TPSA) is 166 Å². The molecule has 11 heteroatoms. The quantitative estimate of drug-likeness (QED) is 0.516. The fourth-order valence-corrected chi connectivity index (χ4v) is 3.26. The van der Waals surface area contributed by atoms with E-state index in [1.54, 1.807) is 20.8 Å². The number of fused-ring (bicyclic) bond motifs is 1. The van der Waals surface area contributed by atoms with Crippen LogP contribution in [0.1, 0.15) is 27.0 Å². The normalized spacial score (nSPS) is 28.6. The van der Waals surface area contributed by atoms with E-state index in [1.807, 2.05) is 0 Å². The van der Waals surface area contributed by atoms with Crippen LogP contribution >= 0.6 is 0 Å². The fourth-order valence-electron chi connectivity index (χ4n) is 3.26. The lowest BCUT2D eigenvalue weighted by molar-refractivity contribution is -0.166. The van der Waals surface area contributed by atoms with E-state index in [4.69, 9.17) is 15.2 Å². The van der Waals surface area contributed by atoms with Crippen molar-refractivity contribution in [3.05, 3.63) is 6.33 Å². The molecule has 3 heterocycles. The highest BCUT2D eigenvalue weighted by Gasteiger charge is 2.62. The van der Waals surface area contributed by atoms with E-state index in [2.05, 4.69) is 15.0 Å². The number of aliphatic hydroxyl groups is 3. The molecule has 148 valence electrons. The zero-order valence-electron chi connectivity index (χ0n) is 15.4. The van der Waals surface area contributed by atoms with Gasteiger partial charge in [0.1, 0.15) is 12.2 Å². The Kier molecular flexibility index (Phi) is 4.58. The number of carbonyl (C=O) groups is 1. The Labute approximate surface area is 154 Å². The number of aliphatic hydroxyl groups excluding tert-OH is 2. The molecular weight excluding hydrogens is 358 g/mol. The third-order valence-corrected chi connectivity index (χ3v) is 4.56. The van der Waals surface area contributed by atoms with E-state index in [-0.39, 0.29) is 23.0 Å². The average Bonchev–Trinajstić information content (AvgIpc) is 3.12. The van der Waals surface area contributed by atoms with Gasteiger partial charge in [0.05, 0.1) is 20.0 Å². The van der Waals surface area contributed by atoms with Crippen molar-refractivity contribution in [2.45, 2.75) is 44.8 Å². The molecule has 0 radical (unpaired) electrons. The Morgan fingerprint density at radius 2 is 2.11 bits per heavy atom. The molecule has 0 aliphatic carbocycles. The number of carbonyl (C=O) groups excluding carboxylic acids is 1. The molecule has 0 spiro atoms. The summed E-state index contributed by atoms with van der Waals surface area (Å²) in [5.74, 6) is -0.650. The first-order chi connectivity index (χ1) is 12.6. The number of rotatable bonds is 4. The molecule has 1 aliphatic rings. The Morgan fingerprint density at radius 3 is 2.67 bits per heavy atom. The third-order valence-electron chi connectivity index (χ3n) is 4.56. The molecule has 3 rings (SSSR count). The second-order valence-corrected chi connectivity index (χ2v) is 7.47. The highest BCUT2D eigenvalue weighted by atomic mass is 16.6. The molecule has 5 N–H and O–H groups in total. The van der Waals surface area contributed by atoms with Gasteiger partial charge in [-0.2, -0.15) is 9.97 Å². The molecule has 1 fully saturated rings. The third kappa shape index (κ3) is 2.83. The molecule has 2 aromatic heterocycles. The van der Waals surface area contributed by atoms with Gasteiger partial charge in [0.15, 0.2) is 28.8 Å². The van der Waals surface area contributed by atoms with Crippen molar-refractivity contribution < 1.29 is 29.6 Å². The van der Waals surface area contributed by atoms with Crippen LogP contribution in [-0.2, 0) is 9.53 Å². The van der Waals surface area contributed by atoms with Gasteiger partial charge < -0.3 is 30.5 Å². The maximum Gasteiger partial charge on any atom is 0.246 e. The summed E-state index contributed by atoms with van der Waals surface area (Å²) in [5.41, 5.74) is 2.75. The summed E-state index contributed by atoms with van der Waals surface area (Å²) < 4.78 is 12.0. The van der Waals surface area contributed by atoms with Crippen LogP contribution < -0.4 is 10.5 Å². The molecule has 0 saturated carbocycles. The molecule has 0 amide bonds. The smallest absolute Gasteiger partial charge is 0.246 e. The lowest BCUT2D eigenvalue weighted by Crippen LogP contribution is -2.57. The van der Waals surface area contributed by atoms with Crippen molar-refractivity contribution in [1.82, 2.24) is 19.5 Å². The number of Topliss-reactive ketones (excluding diaryl/α,β-unsaturated/α-hetero) is 1. The van der Waals surface area contributed by atoms with Crippen molar-refractivity contribution in [3.8, 4) is 5.88 Å². The van der Waals surface area contributed by atoms with Crippen LogP contribution in [0, 0.1) is 5.41 Å². The highest BCUT2D eigenvalue weighted by molar-refractivity contribution is 5.93. The number of nitrogen functional groups attached to an aromatic ring is 1. The molecule has 27 heavy (non-hydrogen) atoms. The predicted molar refractivity (Wildman–Crippen MR) is 92.7 cm³/mol. The molecule has 0 unspecified atom stereocenters. The summed E-state index contributed by atoms with van der Waals surface area (Å²) >= 11 is 0. The predicted octanol–water partition coefficient (Wildman–Crippen LogP) is -0.986. The Bertz CT molecular complexity index is 878. The van der Waals surface area contributed by atoms with E-state index in [0.29, 0.717) is 0 Å². The summed E-state index contributed by atoms with van der Waals surface area (Å²) in [6, 6.07) is 0. The number of imidazole rings is 1. The van der Waals surface area contributed by atoms with Gasteiger partial charge in [0.2, 0.25) is 11.8 Å². The Morgan fingerprint density at radius 1 is 1.44 bits per heavy atom. The zero-order chi connectivity index (χ0) is 20.1. The summed E-state index contributed by atoms with van der Waals surface area (Å²) in [4.78, 5) is 25.2. The van der Waals surface area contributed by atoms with Gasteiger partial charge in [0, 0.05) is 5.41 Å². The zero-order valence-corrected chi connectivity index (χ0v) is 15.4. The van der Waals surface area contributed by atoms with E-state index in [1.165, 1.54) is 18.0 Å². The largest absolute Gasteiger partial charge is 0.479 e. The number of anilines is 1. The Hall–Kier alpha value is -2.34. The summed E-state index contributed by atoms with van der Waals surface area (Å²) in [7, 11) is 1.39. The first-order valence-electron chi connectivity index (χ1n) is 8.31. The minimum absolute atomic E-state index is 0.107. The number of hydrogen-bond acceptors (Lipinski definition) is 10. The van der Waals surface area contributed by atoms with Gasteiger partial charge in [-0.1, -0.05) is 20.8 Å². The van der Waals surface area contributed by atoms with Gasteiger partial charge in [-0.25, -0.2) is 4.98 Å². The summed E-state index contributed by atoms with van der Waals surface area (Å²) in [6.45, 7) is 4.24. The van der Waals surface area contributed by atoms with E-state index in [0.717, 1.165) is 0 Å². The van der Waals surface area contributed by atoms with Crippen molar-refractivity contribution in [2.24, 2.45) is 5.41 Å². The van der Waals surface area contributed by atoms with Gasteiger partial charge in [-0.05, 0) is 0 Å². The van der Waals surface area contributed by atoms with Crippen LogP contribution in [-0.4, -0.2) is 72.1 Å². The number of nitrogens with zero attached hydrogens (tertiary/aromatic N) is 4. The van der Waals surface area contributed by atoms with Gasteiger partial charge in [-0.3, -0.25) is 9.36 Å². The molecule has 1 aliphatic heterocycles. The van der Waals surface area contributed by atoms with E-state index < -0.39 is 41.8 Å². The summed E-state index contributed by atoms with van der Waals surface area (Å²) in [5, 5.41) is 31.3. The Balaban J connectivity index is 2.21. The van der Waals surface area contributed by atoms with E-state index >= 15 is 0 Å². The maximum absolute atomic E-state index is 13.0. The van der Waals surface area contributed by atoms with Gasteiger partial charge >= 0.3 is 0 Å². The molecular formula is C16H23N5O6. The maximum atomic E-state index is 13.0. The first kappa shape index (κ1) is 19.4. The standard InChI is InChI=1S/C16H23N5O6/c1-15(2,3)12(24)16(25)9(23)7(5-22)27-13(16)21-6-18-8-10(21)19-14(17)20-11(8)26-4/h6-7,9,13,22-23,25H,5H2,1-4H3,(H2,17,19,20)/t7-,9-,13-,16-/m1/s1. The van der Waals surface area contributed by atoms with Gasteiger partial charge in [-0.15, -0.1) is 0 Å². The monoisotopic (exact) mass is 381 g/mol. The number of aromatic nitrogens is 4. The van der Waals surface area contributed by atoms with Crippen LogP contribution in [0.3, 0.4) is 0 Å². The molecule has 4 atom stereocenters. The molecule has 2 aromatic rings. The average molecular weight is 381 g/mol. The minimum Gasteiger partial charge on any atom is -0.479 e.